The van der Waals surface area contributed by atoms with Crippen molar-refractivity contribution in [2.24, 2.45) is 0 Å². The van der Waals surface area contributed by atoms with Gasteiger partial charge in [0.1, 0.15) is 5.82 Å². The molecule has 128 valence electrons. The summed E-state index contributed by atoms with van der Waals surface area (Å²) in [5.74, 6) is -0.346. The lowest BCUT2D eigenvalue weighted by atomic mass is 10.1. The van der Waals surface area contributed by atoms with Crippen molar-refractivity contribution < 1.29 is 9.18 Å². The molecule has 0 unspecified atom stereocenters. The van der Waals surface area contributed by atoms with Gasteiger partial charge in [-0.1, -0.05) is 48.2 Å². The van der Waals surface area contributed by atoms with Crippen molar-refractivity contribution in [2.75, 3.05) is 5.75 Å². The Labute approximate surface area is 148 Å². The molecular weight excluding hydrogens is 341 g/mol. The normalized spacial score (nSPS) is 11.9. The minimum Gasteiger partial charge on any atom is -0.349 e. The molecule has 0 spiro atoms. The van der Waals surface area contributed by atoms with Crippen molar-refractivity contribution in [3.63, 3.8) is 0 Å². The number of carbonyl (C=O) groups is 1. The number of aromatic nitrogens is 4. The van der Waals surface area contributed by atoms with Crippen LogP contribution in [0.2, 0.25) is 0 Å². The van der Waals surface area contributed by atoms with E-state index in [0.717, 1.165) is 5.56 Å². The lowest BCUT2D eigenvalue weighted by molar-refractivity contribution is -0.119. The van der Waals surface area contributed by atoms with Gasteiger partial charge in [0.05, 0.1) is 17.5 Å². The number of carbonyl (C=O) groups excluding carboxylic acids is 1. The maximum Gasteiger partial charge on any atom is 0.230 e. The number of hydrogen-bond acceptors (Lipinski definition) is 5. The lowest BCUT2D eigenvalue weighted by Crippen LogP contribution is -2.28. The first kappa shape index (κ1) is 17.1. The third-order valence-electron chi connectivity index (χ3n) is 3.50. The van der Waals surface area contributed by atoms with Gasteiger partial charge < -0.3 is 5.32 Å². The summed E-state index contributed by atoms with van der Waals surface area (Å²) in [7, 11) is 0. The molecule has 0 aliphatic heterocycles. The molecule has 2 aromatic carbocycles. The van der Waals surface area contributed by atoms with Crippen LogP contribution < -0.4 is 5.32 Å². The molecule has 8 heteroatoms. The summed E-state index contributed by atoms with van der Waals surface area (Å²) in [5.41, 5.74) is 1.54. The Hall–Kier alpha value is -2.74. The Morgan fingerprint density at radius 1 is 1.24 bits per heavy atom. The highest BCUT2D eigenvalue weighted by atomic mass is 32.2. The van der Waals surface area contributed by atoms with Crippen LogP contribution in [0.4, 0.5) is 4.39 Å². The number of rotatable bonds is 6. The topological polar surface area (TPSA) is 72.7 Å². The molecular formula is C17H16FN5OS. The van der Waals surface area contributed by atoms with Crippen molar-refractivity contribution in [1.29, 1.82) is 0 Å². The van der Waals surface area contributed by atoms with Crippen molar-refractivity contribution in [3.8, 4) is 5.69 Å². The van der Waals surface area contributed by atoms with Crippen LogP contribution in [-0.2, 0) is 4.79 Å². The van der Waals surface area contributed by atoms with E-state index >= 15 is 0 Å². The van der Waals surface area contributed by atoms with E-state index in [0.29, 0.717) is 10.8 Å². The van der Waals surface area contributed by atoms with Crippen LogP contribution in [0.25, 0.3) is 5.69 Å². The van der Waals surface area contributed by atoms with Crippen LogP contribution in [0.3, 0.4) is 0 Å². The average molecular weight is 357 g/mol. The molecule has 0 saturated heterocycles. The number of nitrogens with zero attached hydrogens (tertiary/aromatic N) is 4. The monoisotopic (exact) mass is 357 g/mol. The predicted molar refractivity (Wildman–Crippen MR) is 92.8 cm³/mol. The second kappa shape index (κ2) is 7.89. The number of halogens is 1. The van der Waals surface area contributed by atoms with Gasteiger partial charge in [0, 0.05) is 0 Å². The second-order valence-electron chi connectivity index (χ2n) is 5.34. The molecule has 3 aromatic rings. The van der Waals surface area contributed by atoms with Crippen LogP contribution in [0.15, 0.2) is 59.8 Å². The zero-order valence-electron chi connectivity index (χ0n) is 13.5. The second-order valence-corrected chi connectivity index (χ2v) is 6.28. The fraction of sp³-hybridized carbons (Fsp3) is 0.176. The third kappa shape index (κ3) is 4.42. The van der Waals surface area contributed by atoms with E-state index < -0.39 is 0 Å². The fourth-order valence-electron chi connectivity index (χ4n) is 2.28. The summed E-state index contributed by atoms with van der Waals surface area (Å²) in [6.45, 7) is 1.93. The molecule has 25 heavy (non-hydrogen) atoms. The molecule has 1 N–H and O–H groups in total. The number of tetrazole rings is 1. The highest BCUT2D eigenvalue weighted by Gasteiger charge is 2.14. The molecule has 0 aliphatic carbocycles. The minimum absolute atomic E-state index is 0.0893. The van der Waals surface area contributed by atoms with Crippen molar-refractivity contribution >= 4 is 17.7 Å². The molecule has 0 saturated carbocycles. The number of nitrogens with one attached hydrogen (secondary N) is 1. The van der Waals surface area contributed by atoms with Crippen LogP contribution in [0, 0.1) is 5.82 Å². The standard InChI is InChI=1S/C17H16FN5OS/c1-12(13-6-3-2-4-7-13)19-16(24)11-25-17-20-21-22-23(17)15-9-5-8-14(18)10-15/h2-10,12H,11H2,1H3,(H,19,24)/t12-/m1/s1. The maximum atomic E-state index is 13.4. The molecule has 0 bridgehead atoms. The average Bonchev–Trinajstić information content (AvgIpc) is 3.09. The first-order valence-corrected chi connectivity index (χ1v) is 8.63. The van der Waals surface area contributed by atoms with Gasteiger partial charge in [0.25, 0.3) is 0 Å². The Morgan fingerprint density at radius 3 is 2.80 bits per heavy atom. The lowest BCUT2D eigenvalue weighted by Gasteiger charge is -2.13. The first-order valence-electron chi connectivity index (χ1n) is 7.65. The number of hydrogen-bond donors (Lipinski definition) is 1. The van der Waals surface area contributed by atoms with Gasteiger partial charge >= 0.3 is 0 Å². The van der Waals surface area contributed by atoms with Gasteiger partial charge in [-0.3, -0.25) is 4.79 Å². The summed E-state index contributed by atoms with van der Waals surface area (Å²) in [6, 6.07) is 15.6. The van der Waals surface area contributed by atoms with Gasteiger partial charge in [0.15, 0.2) is 0 Å². The Kier molecular flexibility index (Phi) is 5.39. The SMILES string of the molecule is C[C@@H](NC(=O)CSc1nnnn1-c1cccc(F)c1)c1ccccc1. The maximum absolute atomic E-state index is 13.4. The Morgan fingerprint density at radius 2 is 2.04 bits per heavy atom. The van der Waals surface area contributed by atoms with Gasteiger partial charge in [-0.05, 0) is 41.1 Å². The van der Waals surface area contributed by atoms with Crippen molar-refractivity contribution in [3.05, 3.63) is 66.0 Å². The summed E-state index contributed by atoms with van der Waals surface area (Å²) in [4.78, 5) is 12.2. The van der Waals surface area contributed by atoms with Gasteiger partial charge in [-0.2, -0.15) is 4.68 Å². The van der Waals surface area contributed by atoms with Crippen molar-refractivity contribution in [1.82, 2.24) is 25.5 Å². The van der Waals surface area contributed by atoms with Crippen LogP contribution in [0.5, 0.6) is 0 Å². The van der Waals surface area contributed by atoms with Gasteiger partial charge in [-0.25, -0.2) is 4.39 Å². The third-order valence-corrected chi connectivity index (χ3v) is 4.42. The van der Waals surface area contributed by atoms with E-state index in [9.17, 15) is 9.18 Å². The number of amides is 1. The number of benzene rings is 2. The van der Waals surface area contributed by atoms with Crippen LogP contribution >= 0.6 is 11.8 Å². The quantitative estimate of drug-likeness (QED) is 0.687. The predicted octanol–water partition coefficient (Wildman–Crippen LogP) is 2.77. The molecule has 6 nitrogen and oxygen atoms in total. The summed E-state index contributed by atoms with van der Waals surface area (Å²) in [5, 5.41) is 14.7. The fourth-order valence-corrected chi connectivity index (χ4v) is 2.98. The van der Waals surface area contributed by atoms with E-state index in [-0.39, 0.29) is 23.5 Å². The Balaban J connectivity index is 1.61. The summed E-state index contributed by atoms with van der Waals surface area (Å²) in [6.07, 6.45) is 0. The van der Waals surface area contributed by atoms with Gasteiger partial charge in [0.2, 0.25) is 11.1 Å². The molecule has 3 rings (SSSR count). The smallest absolute Gasteiger partial charge is 0.230 e. The minimum atomic E-state index is -0.377. The van der Waals surface area contributed by atoms with E-state index in [4.69, 9.17) is 0 Å². The molecule has 0 radical (unpaired) electrons. The molecule has 1 aromatic heterocycles. The van der Waals surface area contributed by atoms with E-state index in [1.807, 2.05) is 37.3 Å². The van der Waals surface area contributed by atoms with Crippen molar-refractivity contribution in [2.45, 2.75) is 18.1 Å². The van der Waals surface area contributed by atoms with Crippen LogP contribution in [0.1, 0.15) is 18.5 Å². The molecule has 0 fully saturated rings. The molecule has 1 heterocycles. The summed E-state index contributed by atoms with van der Waals surface area (Å²) < 4.78 is 14.8. The molecule has 1 atom stereocenters. The van der Waals surface area contributed by atoms with Crippen LogP contribution in [-0.4, -0.2) is 31.9 Å². The van der Waals surface area contributed by atoms with Gasteiger partial charge in [-0.15, -0.1) is 5.10 Å². The first-order chi connectivity index (χ1) is 12.1. The summed E-state index contributed by atoms with van der Waals surface area (Å²) >= 11 is 1.19. The highest BCUT2D eigenvalue weighted by Crippen LogP contribution is 2.19. The molecule has 1 amide bonds. The zero-order chi connectivity index (χ0) is 17.6. The van der Waals surface area contributed by atoms with E-state index in [2.05, 4.69) is 20.8 Å². The highest BCUT2D eigenvalue weighted by molar-refractivity contribution is 7.99. The largest absolute Gasteiger partial charge is 0.349 e. The van der Waals surface area contributed by atoms with E-state index in [1.54, 1.807) is 12.1 Å². The van der Waals surface area contributed by atoms with E-state index in [1.165, 1.54) is 28.6 Å². The number of thioether (sulfide) groups is 1. The zero-order valence-corrected chi connectivity index (χ0v) is 14.3. The Bertz CT molecular complexity index is 855. The molecule has 0 aliphatic rings.